The van der Waals surface area contributed by atoms with Gasteiger partial charge in [0.15, 0.2) is 0 Å². The Balaban J connectivity index is 2.25. The number of ether oxygens (including phenoxy) is 1. The van der Waals surface area contributed by atoms with Crippen molar-refractivity contribution in [3.63, 3.8) is 0 Å². The summed E-state index contributed by atoms with van der Waals surface area (Å²) in [7, 11) is 0. The van der Waals surface area contributed by atoms with E-state index in [1.165, 1.54) is 0 Å². The van der Waals surface area contributed by atoms with Gasteiger partial charge in [0.1, 0.15) is 0 Å². The number of anilines is 1. The third-order valence-electron chi connectivity index (χ3n) is 2.23. The van der Waals surface area contributed by atoms with Crippen molar-refractivity contribution >= 4 is 23.6 Å². The van der Waals surface area contributed by atoms with Gasteiger partial charge in [-0.1, -0.05) is 5.16 Å². The topological polar surface area (TPSA) is 64.4 Å². The van der Waals surface area contributed by atoms with E-state index in [0.29, 0.717) is 12.5 Å². The third-order valence-corrected chi connectivity index (χ3v) is 3.35. The zero-order valence-electron chi connectivity index (χ0n) is 12.1. The molecule has 1 rings (SSSR count). The molecule has 108 valence electrons. The molecule has 0 fully saturated rings. The van der Waals surface area contributed by atoms with E-state index in [0.717, 1.165) is 11.4 Å². The van der Waals surface area contributed by atoms with Crippen LogP contribution in [0.4, 0.5) is 5.88 Å². The van der Waals surface area contributed by atoms with Gasteiger partial charge < -0.3 is 9.26 Å². The van der Waals surface area contributed by atoms with Gasteiger partial charge >= 0.3 is 0 Å². The van der Waals surface area contributed by atoms with Crippen molar-refractivity contribution in [1.82, 2.24) is 5.16 Å². The van der Waals surface area contributed by atoms with E-state index in [1.807, 2.05) is 27.7 Å². The van der Waals surface area contributed by atoms with E-state index < -0.39 is 0 Å². The highest BCUT2D eigenvalue weighted by Gasteiger charge is 2.16. The molecule has 0 aliphatic heterocycles. The van der Waals surface area contributed by atoms with Crippen molar-refractivity contribution in [2.75, 3.05) is 17.7 Å². The Morgan fingerprint density at radius 1 is 1.58 bits per heavy atom. The van der Waals surface area contributed by atoms with E-state index in [1.54, 1.807) is 24.8 Å². The minimum Gasteiger partial charge on any atom is -0.375 e. The molecule has 5 nitrogen and oxygen atoms in total. The monoisotopic (exact) mass is 286 g/mol. The average molecular weight is 286 g/mol. The Morgan fingerprint density at radius 2 is 2.26 bits per heavy atom. The molecule has 0 radical (unpaired) electrons. The van der Waals surface area contributed by atoms with Crippen molar-refractivity contribution in [3.05, 3.63) is 11.8 Å². The van der Waals surface area contributed by atoms with Crippen LogP contribution in [0.15, 0.2) is 10.6 Å². The maximum absolute atomic E-state index is 11.9. The molecule has 0 spiro atoms. The second-order valence-electron chi connectivity index (χ2n) is 5.30. The Labute approximate surface area is 118 Å². The predicted molar refractivity (Wildman–Crippen MR) is 77.5 cm³/mol. The van der Waals surface area contributed by atoms with Gasteiger partial charge in [0.2, 0.25) is 11.8 Å². The summed E-state index contributed by atoms with van der Waals surface area (Å²) in [5.74, 6) is 1.08. The predicted octanol–water partition coefficient (Wildman–Crippen LogP) is 2.86. The van der Waals surface area contributed by atoms with Crippen LogP contribution in [0.1, 0.15) is 33.4 Å². The van der Waals surface area contributed by atoms with Crippen LogP contribution in [0, 0.1) is 6.92 Å². The number of carbonyl (C=O) groups is 1. The van der Waals surface area contributed by atoms with Crippen LogP contribution in [-0.2, 0) is 9.53 Å². The largest absolute Gasteiger partial charge is 0.375 e. The lowest BCUT2D eigenvalue weighted by Crippen LogP contribution is -2.24. The summed E-state index contributed by atoms with van der Waals surface area (Å²) in [6.07, 6.45) is 0. The molecule has 1 heterocycles. The van der Waals surface area contributed by atoms with Gasteiger partial charge in [-0.2, -0.15) is 0 Å². The van der Waals surface area contributed by atoms with Gasteiger partial charge in [-0.15, -0.1) is 11.8 Å². The fourth-order valence-corrected chi connectivity index (χ4v) is 2.04. The molecule has 1 amide bonds. The van der Waals surface area contributed by atoms with Crippen LogP contribution >= 0.6 is 11.8 Å². The SMILES string of the molecule is Cc1cc(NC(=O)C(C)SCCOC(C)(C)C)on1. The maximum atomic E-state index is 11.9. The minimum atomic E-state index is -0.158. The van der Waals surface area contributed by atoms with Crippen LogP contribution in [0.2, 0.25) is 0 Å². The van der Waals surface area contributed by atoms with E-state index in [2.05, 4.69) is 10.5 Å². The van der Waals surface area contributed by atoms with E-state index in [4.69, 9.17) is 9.26 Å². The Hall–Kier alpha value is -1.01. The van der Waals surface area contributed by atoms with E-state index in [-0.39, 0.29) is 16.8 Å². The van der Waals surface area contributed by atoms with Gasteiger partial charge in [0.05, 0.1) is 23.2 Å². The first-order valence-corrected chi connectivity index (χ1v) is 7.32. The lowest BCUT2D eigenvalue weighted by atomic mass is 10.2. The van der Waals surface area contributed by atoms with Crippen LogP contribution in [0.3, 0.4) is 0 Å². The molecular weight excluding hydrogens is 264 g/mol. The van der Waals surface area contributed by atoms with Gasteiger partial charge in [-0.05, 0) is 34.6 Å². The summed E-state index contributed by atoms with van der Waals surface area (Å²) in [5.41, 5.74) is 0.609. The van der Waals surface area contributed by atoms with Crippen molar-refractivity contribution < 1.29 is 14.1 Å². The van der Waals surface area contributed by atoms with Crippen LogP contribution in [-0.4, -0.2) is 34.3 Å². The lowest BCUT2D eigenvalue weighted by Gasteiger charge is -2.19. The molecule has 1 aromatic heterocycles. The number of aromatic nitrogens is 1. The normalized spacial score (nSPS) is 13.3. The molecule has 1 aromatic rings. The summed E-state index contributed by atoms with van der Waals surface area (Å²) in [5, 5.41) is 6.25. The van der Waals surface area contributed by atoms with Crippen molar-refractivity contribution in [2.45, 2.75) is 45.5 Å². The molecule has 0 aliphatic carbocycles. The molecule has 1 atom stereocenters. The quantitative estimate of drug-likeness (QED) is 0.815. The Kier molecular flexibility index (Phi) is 5.87. The number of amides is 1. The number of hydrogen-bond acceptors (Lipinski definition) is 5. The molecule has 1 N–H and O–H groups in total. The fourth-order valence-electron chi connectivity index (χ4n) is 1.29. The van der Waals surface area contributed by atoms with Crippen LogP contribution in [0.5, 0.6) is 0 Å². The van der Waals surface area contributed by atoms with Crippen molar-refractivity contribution in [1.29, 1.82) is 0 Å². The molecule has 0 bridgehead atoms. The van der Waals surface area contributed by atoms with Gasteiger partial charge in [-0.25, -0.2) is 0 Å². The molecular formula is C13H22N2O3S. The first kappa shape index (κ1) is 16.0. The third kappa shape index (κ3) is 6.63. The van der Waals surface area contributed by atoms with Crippen molar-refractivity contribution in [3.8, 4) is 0 Å². The van der Waals surface area contributed by atoms with Crippen LogP contribution < -0.4 is 5.32 Å². The molecule has 19 heavy (non-hydrogen) atoms. The maximum Gasteiger partial charge on any atom is 0.239 e. The standard InChI is InChI=1S/C13H22N2O3S/c1-9-8-11(18-15-9)14-12(16)10(2)19-7-6-17-13(3,4)5/h8,10H,6-7H2,1-5H3,(H,14,16). The van der Waals surface area contributed by atoms with E-state index >= 15 is 0 Å². The zero-order chi connectivity index (χ0) is 14.5. The van der Waals surface area contributed by atoms with Gasteiger partial charge in [0.25, 0.3) is 0 Å². The Bertz CT molecular complexity index is 412. The number of aryl methyl sites for hydroxylation is 1. The van der Waals surface area contributed by atoms with Crippen molar-refractivity contribution in [2.24, 2.45) is 0 Å². The molecule has 0 aliphatic rings. The molecule has 0 saturated carbocycles. The average Bonchev–Trinajstić information content (AvgIpc) is 2.68. The highest BCUT2D eigenvalue weighted by Crippen LogP contribution is 2.16. The Morgan fingerprint density at radius 3 is 2.79 bits per heavy atom. The second kappa shape index (κ2) is 6.96. The van der Waals surface area contributed by atoms with E-state index in [9.17, 15) is 4.79 Å². The summed E-state index contributed by atoms with van der Waals surface area (Å²) < 4.78 is 10.5. The summed E-state index contributed by atoms with van der Waals surface area (Å²) >= 11 is 1.55. The summed E-state index contributed by atoms with van der Waals surface area (Å²) in [6.45, 7) is 10.3. The highest BCUT2D eigenvalue weighted by atomic mass is 32.2. The molecule has 0 aromatic carbocycles. The molecule has 6 heteroatoms. The number of hydrogen-bond donors (Lipinski definition) is 1. The van der Waals surface area contributed by atoms with Gasteiger partial charge in [-0.3, -0.25) is 10.1 Å². The summed E-state index contributed by atoms with van der Waals surface area (Å²) in [6, 6.07) is 1.69. The number of carbonyl (C=O) groups excluding carboxylic acids is 1. The number of thioether (sulfide) groups is 1. The number of nitrogens with zero attached hydrogens (tertiary/aromatic N) is 1. The zero-order valence-corrected chi connectivity index (χ0v) is 13.0. The summed E-state index contributed by atoms with van der Waals surface area (Å²) in [4.78, 5) is 11.9. The lowest BCUT2D eigenvalue weighted by molar-refractivity contribution is -0.115. The smallest absolute Gasteiger partial charge is 0.239 e. The first-order valence-electron chi connectivity index (χ1n) is 6.27. The first-order chi connectivity index (χ1) is 8.78. The molecule has 0 saturated heterocycles. The number of rotatable bonds is 6. The second-order valence-corrected chi connectivity index (χ2v) is 6.74. The molecule has 1 unspecified atom stereocenters. The van der Waals surface area contributed by atoms with Crippen LogP contribution in [0.25, 0.3) is 0 Å². The fraction of sp³-hybridized carbons (Fsp3) is 0.692. The minimum absolute atomic E-state index is 0.0862. The number of nitrogens with one attached hydrogen (secondary N) is 1. The van der Waals surface area contributed by atoms with Gasteiger partial charge in [0, 0.05) is 11.8 Å². The highest BCUT2D eigenvalue weighted by molar-refractivity contribution is 8.00.